The van der Waals surface area contributed by atoms with E-state index in [0.717, 1.165) is 43.2 Å². The number of aryl methyl sites for hydroxylation is 1. The third-order valence-corrected chi connectivity index (χ3v) is 8.37. The van der Waals surface area contributed by atoms with Gasteiger partial charge in [-0.25, -0.2) is 4.79 Å². The molecular weight excluding hydrogens is 402 g/mol. The lowest BCUT2D eigenvalue weighted by Gasteiger charge is -2.49. The summed E-state index contributed by atoms with van der Waals surface area (Å²) in [5.41, 5.74) is 10.5. The summed E-state index contributed by atoms with van der Waals surface area (Å²) in [4.78, 5) is 22.9. The van der Waals surface area contributed by atoms with Crippen molar-refractivity contribution < 1.29 is 19.8 Å². The van der Waals surface area contributed by atoms with Crippen LogP contribution in [0.2, 0.25) is 0 Å². The van der Waals surface area contributed by atoms with E-state index in [9.17, 15) is 19.8 Å². The molecule has 0 aromatic heterocycles. The quantitative estimate of drug-likeness (QED) is 0.671. The monoisotopic (exact) mass is 431 g/mol. The summed E-state index contributed by atoms with van der Waals surface area (Å²) in [5, 5.41) is 20.7. The van der Waals surface area contributed by atoms with Crippen molar-refractivity contribution in [3.63, 3.8) is 0 Å². The van der Waals surface area contributed by atoms with Gasteiger partial charge in [0.05, 0.1) is 11.7 Å². The number of aliphatic hydroxyl groups excluding tert-OH is 1. The highest BCUT2D eigenvalue weighted by Crippen LogP contribution is 2.62. The van der Waals surface area contributed by atoms with Crippen molar-refractivity contribution in [2.45, 2.75) is 51.0 Å². The molecule has 5 rings (SSSR count). The van der Waals surface area contributed by atoms with Crippen molar-refractivity contribution in [2.24, 2.45) is 23.0 Å². The third kappa shape index (κ3) is 3.27. The maximum absolute atomic E-state index is 11.5. The van der Waals surface area contributed by atoms with Crippen LogP contribution in [0.3, 0.4) is 0 Å². The second-order valence-corrected chi connectivity index (χ2v) is 9.99. The maximum atomic E-state index is 11.5. The van der Waals surface area contributed by atoms with Gasteiger partial charge in [-0.2, -0.15) is 0 Å². The van der Waals surface area contributed by atoms with Crippen LogP contribution < -0.4 is 5.73 Å². The van der Waals surface area contributed by atoms with Gasteiger partial charge in [0.15, 0.2) is 0 Å². The van der Waals surface area contributed by atoms with Crippen LogP contribution in [0.25, 0.3) is 6.08 Å². The first-order valence-corrected chi connectivity index (χ1v) is 11.4. The zero-order chi connectivity index (χ0) is 22.6. The number of rotatable bonds is 3. The van der Waals surface area contributed by atoms with E-state index in [4.69, 9.17) is 5.73 Å². The smallest absolute Gasteiger partial charge is 0.335 e. The van der Waals surface area contributed by atoms with Crippen LogP contribution >= 0.6 is 0 Å². The summed E-state index contributed by atoms with van der Waals surface area (Å²) < 4.78 is 0. The largest absolute Gasteiger partial charge is 0.478 e. The Morgan fingerprint density at radius 3 is 2.69 bits per heavy atom. The van der Waals surface area contributed by atoms with Gasteiger partial charge in [-0.15, -0.1) is 0 Å². The first kappa shape index (κ1) is 21.0. The number of benzene rings is 2. The van der Waals surface area contributed by atoms with E-state index in [1.165, 1.54) is 11.1 Å². The van der Waals surface area contributed by atoms with Gasteiger partial charge >= 0.3 is 5.97 Å². The van der Waals surface area contributed by atoms with E-state index in [1.54, 1.807) is 18.2 Å². The molecule has 0 aliphatic heterocycles. The number of aliphatic hydroxyl groups is 1. The van der Waals surface area contributed by atoms with Gasteiger partial charge in [-0.3, -0.25) is 4.79 Å². The van der Waals surface area contributed by atoms with Crippen molar-refractivity contribution in [2.75, 3.05) is 0 Å². The number of fused-ring (bicyclic) bond motifs is 5. The molecular formula is C27H29NO4. The van der Waals surface area contributed by atoms with Crippen LogP contribution in [-0.4, -0.2) is 28.2 Å². The Balaban J connectivity index is 1.45. The summed E-state index contributed by atoms with van der Waals surface area (Å²) in [6.45, 7) is 2.22. The molecule has 2 aromatic rings. The van der Waals surface area contributed by atoms with Crippen molar-refractivity contribution >= 4 is 18.0 Å². The van der Waals surface area contributed by atoms with Crippen LogP contribution in [0.4, 0.5) is 0 Å². The molecule has 0 heterocycles. The van der Waals surface area contributed by atoms with Crippen LogP contribution in [0, 0.1) is 17.3 Å². The lowest BCUT2D eigenvalue weighted by Crippen LogP contribution is -2.44. The number of primary amides is 1. The molecule has 2 aromatic carbocycles. The van der Waals surface area contributed by atoms with Gasteiger partial charge in [0, 0.05) is 11.0 Å². The summed E-state index contributed by atoms with van der Waals surface area (Å²) in [7, 11) is 0. The molecule has 5 heteroatoms. The molecule has 0 saturated heterocycles. The number of carbonyl (C=O) groups excluding carboxylic acids is 1. The Kier molecular flexibility index (Phi) is 4.97. The van der Waals surface area contributed by atoms with Crippen LogP contribution in [-0.2, 0) is 6.42 Å². The predicted molar refractivity (Wildman–Crippen MR) is 122 cm³/mol. The minimum atomic E-state index is -0.875. The molecule has 0 spiro atoms. The summed E-state index contributed by atoms with van der Waals surface area (Å²) >= 11 is 0. The van der Waals surface area contributed by atoms with Crippen molar-refractivity contribution in [1.82, 2.24) is 0 Å². The van der Waals surface area contributed by atoms with Crippen molar-refractivity contribution in [3.05, 3.63) is 75.9 Å². The lowest BCUT2D eigenvalue weighted by molar-refractivity contribution is -0.0158. The molecule has 1 amide bonds. The van der Waals surface area contributed by atoms with Crippen molar-refractivity contribution in [1.29, 1.82) is 0 Å². The second kappa shape index (κ2) is 7.59. The highest BCUT2D eigenvalue weighted by atomic mass is 16.4. The third-order valence-electron chi connectivity index (χ3n) is 8.37. The molecule has 3 aliphatic carbocycles. The number of carbonyl (C=O) groups is 2. The molecule has 5 atom stereocenters. The Morgan fingerprint density at radius 2 is 1.94 bits per heavy atom. The number of hydrogen-bond acceptors (Lipinski definition) is 3. The second-order valence-electron chi connectivity index (χ2n) is 9.99. The van der Waals surface area contributed by atoms with Crippen molar-refractivity contribution in [3.8, 4) is 0 Å². The number of aromatic carboxylic acids is 1. The fourth-order valence-corrected chi connectivity index (χ4v) is 6.71. The van der Waals surface area contributed by atoms with Gasteiger partial charge < -0.3 is 15.9 Å². The van der Waals surface area contributed by atoms with Gasteiger partial charge in [-0.1, -0.05) is 31.2 Å². The van der Waals surface area contributed by atoms with Gasteiger partial charge in [0.25, 0.3) is 0 Å². The Morgan fingerprint density at radius 1 is 1.12 bits per heavy atom. The maximum Gasteiger partial charge on any atom is 0.335 e. The normalized spacial score (nSPS) is 32.1. The molecule has 4 N–H and O–H groups in total. The average Bonchev–Trinajstić information content (AvgIpc) is 3.03. The SMILES string of the molecule is C[C@]12CC[C@@H]3c4ccc(C(=O)O)cc4CC[C@H]3[C@@H]1C/C(=C\c1cccc(C(N)=O)c1)[C@@H]2O. The first-order valence-electron chi connectivity index (χ1n) is 11.4. The van der Waals surface area contributed by atoms with E-state index in [2.05, 4.69) is 6.92 Å². The highest BCUT2D eigenvalue weighted by molar-refractivity contribution is 5.93. The molecule has 2 fully saturated rings. The number of amides is 1. The van der Waals surface area contributed by atoms with Gasteiger partial charge in [0.2, 0.25) is 5.91 Å². The Labute approximate surface area is 188 Å². The molecule has 0 bridgehead atoms. The molecule has 0 radical (unpaired) electrons. The molecule has 2 saturated carbocycles. The predicted octanol–water partition coefficient (Wildman–Crippen LogP) is 4.39. The van der Waals surface area contributed by atoms with Crippen LogP contribution in [0.15, 0.2) is 48.0 Å². The Hall–Kier alpha value is -2.92. The standard InChI is InChI=1S/C27H29NO4/c1-27-10-9-21-20-7-6-18(26(31)32)13-16(20)5-8-22(21)23(27)14-19(24(27)29)12-15-3-2-4-17(11-15)25(28)30/h2-4,6-7,11-13,21-24,29H,5,8-10,14H2,1H3,(H2,28,30)(H,31,32)/b19-12+/t21-,22-,23+,24+,27+/m1/s1. The Bertz CT molecular complexity index is 1140. The van der Waals surface area contributed by atoms with E-state index < -0.39 is 18.0 Å². The number of hydrogen-bond donors (Lipinski definition) is 3. The molecule has 3 aliphatic rings. The minimum Gasteiger partial charge on any atom is -0.478 e. The minimum absolute atomic E-state index is 0.160. The summed E-state index contributed by atoms with van der Waals surface area (Å²) in [6.07, 6.45) is 6.25. The van der Waals surface area contributed by atoms with Gasteiger partial charge in [0.1, 0.15) is 0 Å². The number of nitrogens with two attached hydrogens (primary N) is 1. The topological polar surface area (TPSA) is 101 Å². The molecule has 166 valence electrons. The van der Waals surface area contributed by atoms with Gasteiger partial charge in [-0.05, 0) is 96.4 Å². The molecule has 5 nitrogen and oxygen atoms in total. The number of carboxylic acids is 1. The van der Waals surface area contributed by atoms with E-state index in [0.29, 0.717) is 28.9 Å². The molecule has 32 heavy (non-hydrogen) atoms. The lowest BCUT2D eigenvalue weighted by atomic mass is 9.55. The fourth-order valence-electron chi connectivity index (χ4n) is 6.71. The summed E-state index contributed by atoms with van der Waals surface area (Å²) in [5.74, 6) is -0.0409. The highest BCUT2D eigenvalue weighted by Gasteiger charge is 2.56. The number of carboxylic acid groups (broad SMARTS) is 1. The molecule has 0 unspecified atom stereocenters. The van der Waals surface area contributed by atoms with E-state index in [-0.39, 0.29) is 5.41 Å². The van der Waals surface area contributed by atoms with Crippen LogP contribution in [0.1, 0.15) is 75.9 Å². The summed E-state index contributed by atoms with van der Waals surface area (Å²) in [6, 6.07) is 12.9. The van der Waals surface area contributed by atoms with E-state index in [1.807, 2.05) is 30.3 Å². The first-order chi connectivity index (χ1) is 15.3. The fraction of sp³-hybridized carbons (Fsp3) is 0.407. The van der Waals surface area contributed by atoms with E-state index >= 15 is 0 Å². The average molecular weight is 432 g/mol. The zero-order valence-corrected chi connectivity index (χ0v) is 18.3. The van der Waals surface area contributed by atoms with Crippen LogP contribution in [0.5, 0.6) is 0 Å². The zero-order valence-electron chi connectivity index (χ0n) is 18.3.